The van der Waals surface area contributed by atoms with Gasteiger partial charge in [-0.2, -0.15) is 0 Å². The number of Topliss-reactive ketones (excluding diaryl/α,β-unsaturated/α-hetero) is 1. The Bertz CT molecular complexity index is 501. The molecule has 0 fully saturated rings. The van der Waals surface area contributed by atoms with E-state index in [2.05, 4.69) is 0 Å². The first-order valence-corrected chi connectivity index (χ1v) is 4.89. The fourth-order valence-corrected chi connectivity index (χ4v) is 1.58. The fourth-order valence-electron chi connectivity index (χ4n) is 1.58. The lowest BCUT2D eigenvalue weighted by atomic mass is 10.0. The molecule has 0 aliphatic rings. The van der Waals surface area contributed by atoms with Crippen LogP contribution < -0.4 is 0 Å². The van der Waals surface area contributed by atoms with Crippen LogP contribution in [0.5, 0.6) is 0 Å². The van der Waals surface area contributed by atoms with Crippen LogP contribution >= 0.6 is 0 Å². The van der Waals surface area contributed by atoms with Crippen LogP contribution in [-0.2, 0) is 0 Å². The third-order valence-electron chi connectivity index (χ3n) is 2.41. The largest absolute Gasteiger partial charge is 0.385 e. The number of rotatable bonds is 2. The van der Waals surface area contributed by atoms with Gasteiger partial charge in [-0.05, 0) is 23.8 Å². The van der Waals surface area contributed by atoms with Gasteiger partial charge in [-0.3, -0.25) is 4.79 Å². The van der Waals surface area contributed by atoms with Crippen LogP contribution in [-0.4, -0.2) is 17.0 Å². The van der Waals surface area contributed by atoms with Crippen LogP contribution in [0.4, 0.5) is 0 Å². The van der Waals surface area contributed by atoms with E-state index >= 15 is 0 Å². The number of ketones is 1. The van der Waals surface area contributed by atoms with Crippen molar-refractivity contribution in [2.24, 2.45) is 0 Å². The van der Waals surface area contributed by atoms with E-state index in [9.17, 15) is 9.90 Å². The molecule has 2 aromatic rings. The smallest absolute Gasteiger partial charge is 0.190 e. The number of hydrogen-bond donors (Lipinski definition) is 1. The Kier molecular flexibility index (Phi) is 2.52. The molecule has 2 nitrogen and oxygen atoms in total. The minimum absolute atomic E-state index is 0.235. The molecule has 0 heterocycles. The highest BCUT2D eigenvalue weighted by Crippen LogP contribution is 2.16. The minimum atomic E-state index is -0.939. The summed E-state index contributed by atoms with van der Waals surface area (Å²) in [6, 6.07) is 13.3. The quantitative estimate of drug-likeness (QED) is 0.756. The molecule has 76 valence electrons. The summed E-state index contributed by atoms with van der Waals surface area (Å²) in [7, 11) is 0. The zero-order chi connectivity index (χ0) is 10.8. The first-order chi connectivity index (χ1) is 7.18. The van der Waals surface area contributed by atoms with Gasteiger partial charge in [0.1, 0.15) is 6.10 Å². The van der Waals surface area contributed by atoms with Crippen molar-refractivity contribution in [3.63, 3.8) is 0 Å². The van der Waals surface area contributed by atoms with Crippen molar-refractivity contribution in [2.45, 2.75) is 13.0 Å². The summed E-state index contributed by atoms with van der Waals surface area (Å²) in [5, 5.41) is 11.3. The second-order valence-electron chi connectivity index (χ2n) is 3.60. The zero-order valence-electron chi connectivity index (χ0n) is 8.47. The van der Waals surface area contributed by atoms with Gasteiger partial charge in [-0.1, -0.05) is 36.4 Å². The van der Waals surface area contributed by atoms with Gasteiger partial charge < -0.3 is 5.11 Å². The van der Waals surface area contributed by atoms with Crippen molar-refractivity contribution >= 4 is 16.6 Å². The highest BCUT2D eigenvalue weighted by atomic mass is 16.3. The predicted octanol–water partition coefficient (Wildman–Crippen LogP) is 2.40. The lowest BCUT2D eigenvalue weighted by Gasteiger charge is -2.04. The first-order valence-electron chi connectivity index (χ1n) is 4.89. The third-order valence-corrected chi connectivity index (χ3v) is 2.41. The number of carbonyl (C=O) groups excluding carboxylic acids is 1. The molecule has 0 saturated heterocycles. The Morgan fingerprint density at radius 2 is 1.80 bits per heavy atom. The van der Waals surface area contributed by atoms with Gasteiger partial charge in [0.15, 0.2) is 5.78 Å². The van der Waals surface area contributed by atoms with Crippen molar-refractivity contribution in [2.75, 3.05) is 0 Å². The van der Waals surface area contributed by atoms with E-state index in [1.54, 1.807) is 6.07 Å². The van der Waals surface area contributed by atoms with Gasteiger partial charge in [0.25, 0.3) is 0 Å². The standard InChI is InChI=1S/C13H12O2/c1-9(14)13(15)12-7-6-10-4-2-3-5-11(10)8-12/h2-9,14H,1H3/t9-/m0/s1. The van der Waals surface area contributed by atoms with Crippen LogP contribution in [0.2, 0.25) is 0 Å². The number of fused-ring (bicyclic) bond motifs is 1. The number of aliphatic hydroxyl groups excluding tert-OH is 1. The topological polar surface area (TPSA) is 37.3 Å². The molecule has 2 aromatic carbocycles. The Balaban J connectivity index is 2.52. The molecule has 0 spiro atoms. The molecule has 0 bridgehead atoms. The van der Waals surface area contributed by atoms with E-state index in [1.165, 1.54) is 6.92 Å². The summed E-state index contributed by atoms with van der Waals surface area (Å²) in [4.78, 5) is 11.5. The summed E-state index contributed by atoms with van der Waals surface area (Å²) >= 11 is 0. The van der Waals surface area contributed by atoms with E-state index in [0.29, 0.717) is 5.56 Å². The lowest BCUT2D eigenvalue weighted by Crippen LogP contribution is -2.15. The maximum Gasteiger partial charge on any atom is 0.190 e. The van der Waals surface area contributed by atoms with Gasteiger partial charge in [0, 0.05) is 5.56 Å². The molecule has 0 aromatic heterocycles. The predicted molar refractivity (Wildman–Crippen MR) is 60.0 cm³/mol. The van der Waals surface area contributed by atoms with Crippen LogP contribution in [0.15, 0.2) is 42.5 Å². The molecular formula is C13H12O2. The van der Waals surface area contributed by atoms with E-state index in [-0.39, 0.29) is 5.78 Å². The van der Waals surface area contributed by atoms with E-state index in [4.69, 9.17) is 0 Å². The summed E-state index contributed by atoms with van der Waals surface area (Å²) in [6.45, 7) is 1.48. The molecule has 0 saturated carbocycles. The Morgan fingerprint density at radius 1 is 1.13 bits per heavy atom. The van der Waals surface area contributed by atoms with Crippen LogP contribution in [0.3, 0.4) is 0 Å². The van der Waals surface area contributed by atoms with Crippen LogP contribution in [0.25, 0.3) is 10.8 Å². The molecule has 1 N–H and O–H groups in total. The highest BCUT2D eigenvalue weighted by Gasteiger charge is 2.11. The van der Waals surface area contributed by atoms with Crippen molar-refractivity contribution in [3.05, 3.63) is 48.0 Å². The summed E-state index contributed by atoms with van der Waals surface area (Å²) in [5.74, 6) is -0.235. The SMILES string of the molecule is C[C@H](O)C(=O)c1ccc2ccccc2c1. The normalized spacial score (nSPS) is 12.7. The number of hydrogen-bond acceptors (Lipinski definition) is 2. The molecule has 0 aliphatic heterocycles. The number of carbonyl (C=O) groups is 1. The van der Waals surface area contributed by atoms with Gasteiger partial charge >= 0.3 is 0 Å². The van der Waals surface area contributed by atoms with E-state index in [0.717, 1.165) is 10.8 Å². The molecular weight excluding hydrogens is 188 g/mol. The zero-order valence-corrected chi connectivity index (χ0v) is 8.47. The Labute approximate surface area is 88.2 Å². The third kappa shape index (κ3) is 1.90. The summed E-state index contributed by atoms with van der Waals surface area (Å²) in [6.07, 6.45) is -0.939. The van der Waals surface area contributed by atoms with Crippen molar-refractivity contribution in [1.82, 2.24) is 0 Å². The molecule has 2 heteroatoms. The van der Waals surface area contributed by atoms with Gasteiger partial charge in [0.05, 0.1) is 0 Å². The summed E-state index contributed by atoms with van der Waals surface area (Å²) in [5.41, 5.74) is 0.559. The van der Waals surface area contributed by atoms with Crippen LogP contribution in [0, 0.1) is 0 Å². The average molecular weight is 200 g/mol. The summed E-state index contributed by atoms with van der Waals surface area (Å²) < 4.78 is 0. The fraction of sp³-hybridized carbons (Fsp3) is 0.154. The molecule has 0 amide bonds. The highest BCUT2D eigenvalue weighted by molar-refractivity contribution is 6.02. The first kappa shape index (κ1) is 9.87. The van der Waals surface area contributed by atoms with Gasteiger partial charge in [-0.25, -0.2) is 0 Å². The average Bonchev–Trinajstić information content (AvgIpc) is 2.27. The van der Waals surface area contributed by atoms with E-state index < -0.39 is 6.10 Å². The maximum absolute atomic E-state index is 11.5. The molecule has 15 heavy (non-hydrogen) atoms. The van der Waals surface area contributed by atoms with Crippen molar-refractivity contribution in [3.8, 4) is 0 Å². The van der Waals surface area contributed by atoms with Gasteiger partial charge in [-0.15, -0.1) is 0 Å². The maximum atomic E-state index is 11.5. The number of aliphatic hydroxyl groups is 1. The molecule has 0 unspecified atom stereocenters. The second-order valence-corrected chi connectivity index (χ2v) is 3.60. The lowest BCUT2D eigenvalue weighted by molar-refractivity contribution is 0.0779. The number of benzene rings is 2. The second kappa shape index (κ2) is 3.83. The Hall–Kier alpha value is -1.67. The molecule has 1 atom stereocenters. The molecule has 0 aliphatic carbocycles. The van der Waals surface area contributed by atoms with Crippen molar-refractivity contribution in [1.29, 1.82) is 0 Å². The van der Waals surface area contributed by atoms with Gasteiger partial charge in [0.2, 0.25) is 0 Å². The van der Waals surface area contributed by atoms with Crippen molar-refractivity contribution < 1.29 is 9.90 Å². The minimum Gasteiger partial charge on any atom is -0.385 e. The van der Waals surface area contributed by atoms with E-state index in [1.807, 2.05) is 36.4 Å². The molecule has 2 rings (SSSR count). The molecule has 0 radical (unpaired) electrons. The Morgan fingerprint density at radius 3 is 2.47 bits per heavy atom. The van der Waals surface area contributed by atoms with Crippen LogP contribution in [0.1, 0.15) is 17.3 Å². The monoisotopic (exact) mass is 200 g/mol.